The number of carbonyl (C=O) groups is 2. The van der Waals surface area contributed by atoms with E-state index in [4.69, 9.17) is 5.73 Å². The van der Waals surface area contributed by atoms with Gasteiger partial charge in [-0.15, -0.1) is 0 Å². The van der Waals surface area contributed by atoms with E-state index in [2.05, 4.69) is 5.32 Å². The molecule has 0 spiro atoms. The number of nitrogens with one attached hydrogen (secondary N) is 1. The van der Waals surface area contributed by atoms with Crippen molar-refractivity contribution in [2.75, 3.05) is 0 Å². The van der Waals surface area contributed by atoms with Gasteiger partial charge in [-0.2, -0.15) is 0 Å². The summed E-state index contributed by atoms with van der Waals surface area (Å²) in [7, 11) is 0. The number of hydrogen-bond acceptors (Lipinski definition) is 3. The maximum Gasteiger partial charge on any atom is 0.246 e. The summed E-state index contributed by atoms with van der Waals surface area (Å²) >= 11 is 0. The highest BCUT2D eigenvalue weighted by atomic mass is 16.2. The molecule has 2 fully saturated rings. The minimum absolute atomic E-state index is 0.0718. The zero-order chi connectivity index (χ0) is 9.47. The van der Waals surface area contributed by atoms with Gasteiger partial charge in [0.1, 0.15) is 0 Å². The third-order valence-electron chi connectivity index (χ3n) is 3.23. The lowest BCUT2D eigenvalue weighted by Crippen LogP contribution is -2.65. The SMILES string of the molecule is N[C@@]12CCCC[C@@H]1CC(=O)NC2=O. The van der Waals surface area contributed by atoms with Gasteiger partial charge in [-0.1, -0.05) is 12.8 Å². The number of carbonyl (C=O) groups excluding carboxylic acids is 2. The van der Waals surface area contributed by atoms with Crippen LogP contribution in [0.1, 0.15) is 32.1 Å². The molecule has 4 nitrogen and oxygen atoms in total. The summed E-state index contributed by atoms with van der Waals surface area (Å²) in [5, 5.41) is 2.32. The molecule has 0 aromatic carbocycles. The van der Waals surface area contributed by atoms with E-state index in [-0.39, 0.29) is 17.7 Å². The highest BCUT2D eigenvalue weighted by Gasteiger charge is 2.47. The molecule has 2 rings (SSSR count). The van der Waals surface area contributed by atoms with Crippen LogP contribution < -0.4 is 11.1 Å². The first-order chi connectivity index (χ1) is 6.13. The van der Waals surface area contributed by atoms with E-state index in [1.165, 1.54) is 0 Å². The standard InChI is InChI=1S/C9H14N2O2/c10-9-4-2-1-3-6(9)5-7(12)11-8(9)13/h6H,1-5,10H2,(H,11,12,13)/t6-,9+/m1/s1. The van der Waals surface area contributed by atoms with Gasteiger partial charge in [-0.3, -0.25) is 14.9 Å². The minimum atomic E-state index is -0.758. The Kier molecular flexibility index (Phi) is 1.87. The van der Waals surface area contributed by atoms with Gasteiger partial charge in [-0.05, 0) is 18.8 Å². The molecule has 2 aliphatic rings. The van der Waals surface area contributed by atoms with Gasteiger partial charge in [0.15, 0.2) is 0 Å². The van der Waals surface area contributed by atoms with Gasteiger partial charge in [0, 0.05) is 6.42 Å². The zero-order valence-electron chi connectivity index (χ0n) is 7.51. The van der Waals surface area contributed by atoms with Gasteiger partial charge in [0.25, 0.3) is 0 Å². The highest BCUT2D eigenvalue weighted by Crippen LogP contribution is 2.36. The van der Waals surface area contributed by atoms with Crippen LogP contribution in [0.2, 0.25) is 0 Å². The number of amides is 2. The average Bonchev–Trinajstić information content (AvgIpc) is 2.07. The molecule has 1 aliphatic carbocycles. The van der Waals surface area contributed by atoms with Crippen molar-refractivity contribution in [1.82, 2.24) is 5.32 Å². The predicted molar refractivity (Wildman–Crippen MR) is 46.6 cm³/mol. The minimum Gasteiger partial charge on any atom is -0.317 e. The van der Waals surface area contributed by atoms with E-state index >= 15 is 0 Å². The smallest absolute Gasteiger partial charge is 0.246 e. The van der Waals surface area contributed by atoms with E-state index < -0.39 is 5.54 Å². The lowest BCUT2D eigenvalue weighted by molar-refractivity contribution is -0.142. The molecule has 2 amide bonds. The lowest BCUT2D eigenvalue weighted by atomic mass is 9.69. The Hall–Kier alpha value is -0.900. The molecule has 72 valence electrons. The first-order valence-electron chi connectivity index (χ1n) is 4.76. The van der Waals surface area contributed by atoms with Crippen molar-refractivity contribution in [2.45, 2.75) is 37.6 Å². The molecule has 1 saturated heterocycles. The van der Waals surface area contributed by atoms with Crippen LogP contribution in [0, 0.1) is 5.92 Å². The molecule has 0 aromatic rings. The summed E-state index contributed by atoms with van der Waals surface area (Å²) in [5.41, 5.74) is 5.25. The van der Waals surface area contributed by atoms with Crippen LogP contribution in [0.4, 0.5) is 0 Å². The van der Waals surface area contributed by atoms with Gasteiger partial charge in [0.2, 0.25) is 11.8 Å². The normalized spacial score (nSPS) is 39.6. The molecule has 0 unspecified atom stereocenters. The Labute approximate surface area is 76.9 Å². The van der Waals surface area contributed by atoms with Crippen molar-refractivity contribution in [1.29, 1.82) is 0 Å². The Bertz CT molecular complexity index is 264. The summed E-state index contributed by atoms with van der Waals surface area (Å²) in [4.78, 5) is 22.6. The van der Waals surface area contributed by atoms with Crippen LogP contribution in [0.3, 0.4) is 0 Å². The molecular formula is C9H14N2O2. The van der Waals surface area contributed by atoms with E-state index in [9.17, 15) is 9.59 Å². The topological polar surface area (TPSA) is 72.2 Å². The third-order valence-corrected chi connectivity index (χ3v) is 3.23. The Morgan fingerprint density at radius 2 is 2.15 bits per heavy atom. The first-order valence-corrected chi connectivity index (χ1v) is 4.76. The fraction of sp³-hybridized carbons (Fsp3) is 0.778. The molecule has 4 heteroatoms. The Morgan fingerprint density at radius 3 is 2.92 bits per heavy atom. The fourth-order valence-electron chi connectivity index (χ4n) is 2.37. The largest absolute Gasteiger partial charge is 0.317 e. The third kappa shape index (κ3) is 1.25. The second-order valence-corrected chi connectivity index (χ2v) is 4.06. The second kappa shape index (κ2) is 2.80. The van der Waals surface area contributed by atoms with Crippen LogP contribution in [0.25, 0.3) is 0 Å². The molecule has 0 bridgehead atoms. The molecule has 3 N–H and O–H groups in total. The number of rotatable bonds is 0. The van der Waals surface area contributed by atoms with Crippen LogP contribution in [-0.2, 0) is 9.59 Å². The van der Waals surface area contributed by atoms with Crippen molar-refractivity contribution in [3.63, 3.8) is 0 Å². The summed E-state index contributed by atoms with van der Waals surface area (Å²) in [6.07, 6.45) is 4.13. The summed E-state index contributed by atoms with van der Waals surface area (Å²) < 4.78 is 0. The molecule has 0 radical (unpaired) electrons. The quantitative estimate of drug-likeness (QED) is 0.515. The van der Waals surface area contributed by atoms with E-state index in [1.807, 2.05) is 0 Å². The highest BCUT2D eigenvalue weighted by molar-refractivity contribution is 6.03. The van der Waals surface area contributed by atoms with Crippen molar-refractivity contribution in [2.24, 2.45) is 11.7 Å². The van der Waals surface area contributed by atoms with Gasteiger partial charge in [0.05, 0.1) is 5.54 Å². The van der Waals surface area contributed by atoms with E-state index in [1.54, 1.807) is 0 Å². The van der Waals surface area contributed by atoms with Gasteiger partial charge < -0.3 is 5.73 Å². The van der Waals surface area contributed by atoms with Crippen molar-refractivity contribution < 1.29 is 9.59 Å². The van der Waals surface area contributed by atoms with Gasteiger partial charge in [-0.25, -0.2) is 0 Å². The Morgan fingerprint density at radius 1 is 1.38 bits per heavy atom. The van der Waals surface area contributed by atoms with Crippen molar-refractivity contribution in [3.05, 3.63) is 0 Å². The number of piperidine rings is 1. The van der Waals surface area contributed by atoms with Crippen LogP contribution >= 0.6 is 0 Å². The van der Waals surface area contributed by atoms with Crippen LogP contribution in [-0.4, -0.2) is 17.4 Å². The van der Waals surface area contributed by atoms with Crippen LogP contribution in [0.15, 0.2) is 0 Å². The monoisotopic (exact) mass is 182 g/mol. The molecular weight excluding hydrogens is 168 g/mol. The molecule has 1 heterocycles. The first kappa shape index (κ1) is 8.69. The zero-order valence-corrected chi connectivity index (χ0v) is 7.51. The summed E-state index contributed by atoms with van der Waals surface area (Å²) in [6, 6.07) is 0. The maximum atomic E-state index is 11.5. The summed E-state index contributed by atoms with van der Waals surface area (Å²) in [6.45, 7) is 0. The number of nitrogens with two attached hydrogens (primary N) is 1. The second-order valence-electron chi connectivity index (χ2n) is 4.06. The van der Waals surface area contributed by atoms with E-state index in [0.717, 1.165) is 25.7 Å². The van der Waals surface area contributed by atoms with E-state index in [0.29, 0.717) is 6.42 Å². The van der Waals surface area contributed by atoms with Crippen molar-refractivity contribution >= 4 is 11.8 Å². The molecule has 1 aliphatic heterocycles. The molecule has 2 atom stereocenters. The summed E-state index contributed by atoms with van der Waals surface area (Å²) in [5.74, 6) is -0.367. The maximum absolute atomic E-state index is 11.5. The Balaban J connectivity index is 2.25. The number of fused-ring (bicyclic) bond motifs is 1. The van der Waals surface area contributed by atoms with Crippen molar-refractivity contribution in [3.8, 4) is 0 Å². The fourth-order valence-corrected chi connectivity index (χ4v) is 2.37. The molecule has 0 aromatic heterocycles. The molecule has 13 heavy (non-hydrogen) atoms. The number of imide groups is 1. The molecule has 1 saturated carbocycles. The predicted octanol–water partition coefficient (Wildman–Crippen LogP) is -0.0794. The lowest BCUT2D eigenvalue weighted by Gasteiger charge is -2.42. The van der Waals surface area contributed by atoms with Gasteiger partial charge >= 0.3 is 0 Å². The van der Waals surface area contributed by atoms with Crippen LogP contribution in [0.5, 0.6) is 0 Å². The average molecular weight is 182 g/mol. The number of hydrogen-bond donors (Lipinski definition) is 2.